The van der Waals surface area contributed by atoms with Crippen molar-refractivity contribution in [2.45, 2.75) is 57.9 Å². The number of hydrogen-bond donors (Lipinski definition) is 1. The summed E-state index contributed by atoms with van der Waals surface area (Å²) in [6.07, 6.45) is 7.00. The van der Waals surface area contributed by atoms with Crippen LogP contribution in [0.15, 0.2) is 18.2 Å². The van der Waals surface area contributed by atoms with Crippen LogP contribution in [0.1, 0.15) is 61.8 Å². The molecule has 2 amide bonds. The Morgan fingerprint density at radius 2 is 2.00 bits per heavy atom. The van der Waals surface area contributed by atoms with Gasteiger partial charge in [-0.3, -0.25) is 9.59 Å². The lowest BCUT2D eigenvalue weighted by Gasteiger charge is -2.23. The fourth-order valence-electron chi connectivity index (χ4n) is 4.42. The molecule has 0 aromatic heterocycles. The fraction of sp³-hybridized carbons (Fsp3) is 0.652. The third-order valence-electron chi connectivity index (χ3n) is 6.12. The molecule has 0 spiro atoms. The van der Waals surface area contributed by atoms with Gasteiger partial charge >= 0.3 is 0 Å². The average Bonchev–Trinajstić information content (AvgIpc) is 3.06. The normalized spacial score (nSPS) is 20.4. The topological polar surface area (TPSA) is 52.7 Å². The fourth-order valence-corrected chi connectivity index (χ4v) is 4.42. The third kappa shape index (κ3) is 5.13. The molecular weight excluding hydrogens is 350 g/mol. The number of benzene rings is 1. The van der Waals surface area contributed by atoms with Gasteiger partial charge in [0.25, 0.3) is 0 Å². The Morgan fingerprint density at radius 3 is 2.71 bits per heavy atom. The molecule has 0 bridgehead atoms. The average molecular weight is 386 g/mol. The van der Waals surface area contributed by atoms with Gasteiger partial charge in [-0.2, -0.15) is 0 Å². The van der Waals surface area contributed by atoms with Crippen LogP contribution in [0.4, 0.5) is 0 Å². The number of nitrogens with zero attached hydrogens (tertiary/aromatic N) is 2. The molecule has 5 heteroatoms. The van der Waals surface area contributed by atoms with E-state index in [1.807, 2.05) is 19.0 Å². The molecule has 0 saturated carbocycles. The zero-order chi connectivity index (χ0) is 20.1. The Balaban J connectivity index is 1.57. The molecular formula is C23H35N3O2. The summed E-state index contributed by atoms with van der Waals surface area (Å²) in [6, 6.07) is 6.73. The molecule has 1 saturated heterocycles. The summed E-state index contributed by atoms with van der Waals surface area (Å²) >= 11 is 0. The predicted octanol–water partition coefficient (Wildman–Crippen LogP) is 2.93. The van der Waals surface area contributed by atoms with Crippen molar-refractivity contribution in [3.63, 3.8) is 0 Å². The highest BCUT2D eigenvalue weighted by Gasteiger charge is 2.34. The zero-order valence-corrected chi connectivity index (χ0v) is 17.7. The maximum Gasteiger partial charge on any atom is 0.225 e. The van der Waals surface area contributed by atoms with Crippen LogP contribution < -0.4 is 5.32 Å². The Kier molecular flexibility index (Phi) is 7.11. The van der Waals surface area contributed by atoms with Gasteiger partial charge in [0.1, 0.15) is 0 Å². The van der Waals surface area contributed by atoms with Crippen molar-refractivity contribution >= 4 is 11.8 Å². The van der Waals surface area contributed by atoms with E-state index in [2.05, 4.69) is 35.3 Å². The van der Waals surface area contributed by atoms with Crippen LogP contribution in [0.3, 0.4) is 0 Å². The summed E-state index contributed by atoms with van der Waals surface area (Å²) < 4.78 is 0. The molecule has 0 radical (unpaired) electrons. The van der Waals surface area contributed by atoms with Gasteiger partial charge in [0.15, 0.2) is 0 Å². The van der Waals surface area contributed by atoms with Gasteiger partial charge in [0.05, 0.1) is 12.0 Å². The molecule has 1 heterocycles. The van der Waals surface area contributed by atoms with Gasteiger partial charge in [0, 0.05) is 19.5 Å². The molecule has 1 aliphatic carbocycles. The molecule has 2 unspecified atom stereocenters. The second kappa shape index (κ2) is 9.55. The lowest BCUT2D eigenvalue weighted by atomic mass is 9.88. The standard InChI is InChI=1S/C23H35N3O2/c1-4-21(19-11-10-17-8-5-6-9-18(17)14-19)24-23(28)20-15-22(27)26(16-20)13-7-12-25(2)3/h10-11,14,20-21H,4-9,12-13,15-16H2,1-3H3,(H,24,28). The van der Waals surface area contributed by atoms with Crippen LogP contribution in [0, 0.1) is 5.92 Å². The van der Waals surface area contributed by atoms with Crippen molar-refractivity contribution in [2.24, 2.45) is 5.92 Å². The predicted molar refractivity (Wildman–Crippen MR) is 112 cm³/mol. The molecule has 1 aromatic carbocycles. The monoisotopic (exact) mass is 385 g/mol. The van der Waals surface area contributed by atoms with Gasteiger partial charge in [-0.25, -0.2) is 0 Å². The number of rotatable bonds is 8. The molecule has 2 atom stereocenters. The van der Waals surface area contributed by atoms with Crippen molar-refractivity contribution in [1.82, 2.24) is 15.1 Å². The highest BCUT2D eigenvalue weighted by molar-refractivity contribution is 5.89. The minimum Gasteiger partial charge on any atom is -0.349 e. The maximum atomic E-state index is 12.9. The number of aryl methyl sites for hydroxylation is 2. The van der Waals surface area contributed by atoms with E-state index in [9.17, 15) is 9.59 Å². The quantitative estimate of drug-likeness (QED) is 0.749. The summed E-state index contributed by atoms with van der Waals surface area (Å²) in [5.41, 5.74) is 4.11. The van der Waals surface area contributed by atoms with E-state index in [-0.39, 0.29) is 23.8 Å². The number of carbonyl (C=O) groups is 2. The van der Waals surface area contributed by atoms with Crippen LogP contribution in [-0.2, 0) is 22.4 Å². The number of nitrogens with one attached hydrogen (secondary N) is 1. The van der Waals surface area contributed by atoms with Crippen molar-refractivity contribution in [3.8, 4) is 0 Å². The third-order valence-corrected chi connectivity index (χ3v) is 6.12. The summed E-state index contributed by atoms with van der Waals surface area (Å²) in [5, 5.41) is 3.22. The number of carbonyl (C=O) groups excluding carboxylic acids is 2. The lowest BCUT2D eigenvalue weighted by Crippen LogP contribution is -2.36. The van der Waals surface area contributed by atoms with Crippen molar-refractivity contribution in [2.75, 3.05) is 33.7 Å². The summed E-state index contributed by atoms with van der Waals surface area (Å²) in [4.78, 5) is 29.1. The molecule has 1 aliphatic heterocycles. The van der Waals surface area contributed by atoms with Crippen LogP contribution in [0.2, 0.25) is 0 Å². The Labute approximate surface area is 169 Å². The lowest BCUT2D eigenvalue weighted by molar-refractivity contribution is -0.129. The van der Waals surface area contributed by atoms with Crippen LogP contribution in [0.5, 0.6) is 0 Å². The number of fused-ring (bicyclic) bond motifs is 1. The van der Waals surface area contributed by atoms with Gasteiger partial charge in [-0.05, 0) is 75.9 Å². The molecule has 1 fully saturated rings. The molecule has 1 N–H and O–H groups in total. The van der Waals surface area contributed by atoms with Crippen molar-refractivity contribution in [3.05, 3.63) is 34.9 Å². The summed E-state index contributed by atoms with van der Waals surface area (Å²) in [6.45, 7) is 4.36. The first-order valence-corrected chi connectivity index (χ1v) is 10.8. The number of amides is 2. The van der Waals surface area contributed by atoms with Crippen molar-refractivity contribution in [1.29, 1.82) is 0 Å². The Morgan fingerprint density at radius 1 is 1.25 bits per heavy atom. The minimum absolute atomic E-state index is 0.0213. The zero-order valence-electron chi connectivity index (χ0n) is 17.7. The maximum absolute atomic E-state index is 12.9. The van der Waals surface area contributed by atoms with E-state index in [1.54, 1.807) is 0 Å². The molecule has 1 aromatic rings. The molecule has 2 aliphatic rings. The van der Waals surface area contributed by atoms with Crippen LogP contribution >= 0.6 is 0 Å². The minimum atomic E-state index is -0.224. The molecule has 154 valence electrons. The first-order valence-electron chi connectivity index (χ1n) is 10.8. The van der Waals surface area contributed by atoms with E-state index in [0.717, 1.165) is 32.4 Å². The second-order valence-corrected chi connectivity index (χ2v) is 8.60. The Bertz CT molecular complexity index is 701. The Hall–Kier alpha value is -1.88. The largest absolute Gasteiger partial charge is 0.349 e. The van der Waals surface area contributed by atoms with Gasteiger partial charge in [0.2, 0.25) is 11.8 Å². The second-order valence-electron chi connectivity index (χ2n) is 8.60. The van der Waals surface area contributed by atoms with Crippen LogP contribution in [0.25, 0.3) is 0 Å². The number of hydrogen-bond acceptors (Lipinski definition) is 3. The first kappa shape index (κ1) is 20.8. The van der Waals surface area contributed by atoms with E-state index < -0.39 is 0 Å². The van der Waals surface area contributed by atoms with E-state index in [0.29, 0.717) is 13.0 Å². The highest BCUT2D eigenvalue weighted by atomic mass is 16.2. The van der Waals surface area contributed by atoms with Crippen molar-refractivity contribution < 1.29 is 9.59 Å². The molecule has 5 nitrogen and oxygen atoms in total. The van der Waals surface area contributed by atoms with E-state index in [4.69, 9.17) is 0 Å². The van der Waals surface area contributed by atoms with Gasteiger partial charge in [-0.15, -0.1) is 0 Å². The van der Waals surface area contributed by atoms with E-state index >= 15 is 0 Å². The van der Waals surface area contributed by atoms with Gasteiger partial charge in [-0.1, -0.05) is 25.1 Å². The summed E-state index contributed by atoms with van der Waals surface area (Å²) in [7, 11) is 4.07. The first-order chi connectivity index (χ1) is 13.5. The highest BCUT2D eigenvalue weighted by Crippen LogP contribution is 2.27. The summed E-state index contributed by atoms with van der Waals surface area (Å²) in [5.74, 6) is -0.0905. The smallest absolute Gasteiger partial charge is 0.225 e. The van der Waals surface area contributed by atoms with Crippen LogP contribution in [-0.4, -0.2) is 55.3 Å². The SMILES string of the molecule is CCC(NC(=O)C1CC(=O)N(CCCN(C)C)C1)c1ccc2c(c1)CCCC2. The number of likely N-dealkylation sites (tertiary alicyclic amines) is 1. The van der Waals surface area contributed by atoms with E-state index in [1.165, 1.54) is 36.0 Å². The van der Waals surface area contributed by atoms with Gasteiger partial charge < -0.3 is 15.1 Å². The molecule has 28 heavy (non-hydrogen) atoms. The molecule has 3 rings (SSSR count).